The van der Waals surface area contributed by atoms with Crippen LogP contribution >= 0.6 is 0 Å². The molecule has 18 heteroatoms. The third kappa shape index (κ3) is 59.1. The van der Waals surface area contributed by atoms with Crippen molar-refractivity contribution in [3.05, 3.63) is 12.2 Å². The van der Waals surface area contributed by atoms with Gasteiger partial charge < -0.3 is 39.8 Å². The molecule has 4 amide bonds. The van der Waals surface area contributed by atoms with Crippen molar-refractivity contribution in [2.45, 2.75) is 353 Å². The van der Waals surface area contributed by atoms with E-state index in [1.807, 2.05) is 0 Å². The third-order valence-electron chi connectivity index (χ3n) is 17.4. The fourth-order valence-electron chi connectivity index (χ4n) is 11.7. The van der Waals surface area contributed by atoms with Gasteiger partial charge in [-0.05, 0) is 44.9 Å². The van der Waals surface area contributed by atoms with Crippen molar-refractivity contribution in [1.29, 1.82) is 0 Å². The van der Waals surface area contributed by atoms with Gasteiger partial charge in [0.15, 0.2) is 5.78 Å². The normalized spacial score (nSPS) is 12.4. The minimum Gasteiger partial charge on any atom is -0.481 e. The predicted octanol–water partition coefficient (Wildman–Crippen LogP) is 16.4. The molecule has 0 saturated carbocycles. The van der Waals surface area contributed by atoms with Gasteiger partial charge in [-0.2, -0.15) is 0 Å². The van der Waals surface area contributed by atoms with E-state index >= 15 is 0 Å². The Labute approximate surface area is 556 Å². The van der Waals surface area contributed by atoms with E-state index in [9.17, 15) is 43.2 Å². The molecule has 0 aromatic rings. The summed E-state index contributed by atoms with van der Waals surface area (Å²) in [5.41, 5.74) is 0. The highest BCUT2D eigenvalue weighted by Gasteiger charge is 2.26. The lowest BCUT2D eigenvalue weighted by molar-refractivity contribution is -0.146. The van der Waals surface area contributed by atoms with Gasteiger partial charge in [-0.1, -0.05) is 257 Å². The molecule has 1 rings (SSSR count). The van der Waals surface area contributed by atoms with E-state index < -0.39 is 35.7 Å². The van der Waals surface area contributed by atoms with Crippen LogP contribution in [0.15, 0.2) is 12.2 Å². The van der Waals surface area contributed by atoms with E-state index in [1.165, 1.54) is 212 Å². The number of unbranched alkanes of at least 4 members (excludes halogenated alkanes) is 42. The zero-order valence-electron chi connectivity index (χ0n) is 57.7. The van der Waals surface area contributed by atoms with Crippen molar-refractivity contribution in [2.75, 3.05) is 52.7 Å². The molecule has 18 nitrogen and oxygen atoms in total. The highest BCUT2D eigenvalue weighted by Crippen LogP contribution is 2.19. The van der Waals surface area contributed by atoms with Gasteiger partial charge in [-0.25, -0.2) is 0 Å². The molecule has 0 spiro atoms. The second-order valence-electron chi connectivity index (χ2n) is 25.9. The molecule has 1 aliphatic rings. The van der Waals surface area contributed by atoms with Gasteiger partial charge >= 0.3 is 23.9 Å². The summed E-state index contributed by atoms with van der Waals surface area (Å²) in [6.45, 7) is 1.32. The van der Waals surface area contributed by atoms with E-state index in [2.05, 4.69) is 10.6 Å². The van der Waals surface area contributed by atoms with Crippen molar-refractivity contribution >= 4 is 53.3 Å². The first-order chi connectivity index (χ1) is 44.9. The van der Waals surface area contributed by atoms with E-state index in [4.69, 9.17) is 29.2 Å². The van der Waals surface area contributed by atoms with Gasteiger partial charge in [0.05, 0.1) is 25.9 Å². The van der Waals surface area contributed by atoms with E-state index in [-0.39, 0.29) is 102 Å². The molecule has 0 aliphatic carbocycles. The van der Waals surface area contributed by atoms with Gasteiger partial charge in [-0.3, -0.25) is 48.1 Å². The van der Waals surface area contributed by atoms with Gasteiger partial charge in [0.2, 0.25) is 11.8 Å². The van der Waals surface area contributed by atoms with E-state index in [0.717, 1.165) is 87.7 Å². The molecule has 4 N–H and O–H groups in total. The quantitative estimate of drug-likeness (QED) is 0.0251. The number of hydrogen-bond acceptors (Lipinski definition) is 13. The highest BCUT2D eigenvalue weighted by molar-refractivity contribution is 6.13. The maximum Gasteiger partial charge on any atom is 0.305 e. The Kier molecular flexibility index (Phi) is 60.2. The van der Waals surface area contributed by atoms with Crippen LogP contribution in [-0.2, 0) is 62.1 Å². The molecule has 0 saturated heterocycles. The lowest BCUT2D eigenvalue weighted by Crippen LogP contribution is -2.43. The average molecular weight is 1300 g/mol. The van der Waals surface area contributed by atoms with Crippen LogP contribution in [0.5, 0.6) is 0 Å². The number of ketones is 1. The number of imide groups is 1. The Morgan fingerprint density at radius 1 is 0.337 bits per heavy atom. The molecular formula is C74H131N3O15. The zero-order chi connectivity index (χ0) is 66.8. The summed E-state index contributed by atoms with van der Waals surface area (Å²) in [4.78, 5) is 109. The molecule has 0 aromatic carbocycles. The van der Waals surface area contributed by atoms with E-state index in [0.29, 0.717) is 38.5 Å². The fraction of sp³-hybridized carbons (Fsp3) is 0.851. The van der Waals surface area contributed by atoms with Crippen LogP contribution in [0.1, 0.15) is 347 Å². The minimum absolute atomic E-state index is 0.107. The van der Waals surface area contributed by atoms with Gasteiger partial charge in [0.1, 0.15) is 13.2 Å². The van der Waals surface area contributed by atoms with Crippen molar-refractivity contribution < 1.29 is 72.3 Å². The molecule has 0 fully saturated rings. The highest BCUT2D eigenvalue weighted by atomic mass is 16.6. The first-order valence-corrected chi connectivity index (χ1v) is 37.4. The Balaban J connectivity index is 2.05. The SMILES string of the molecule is O=C(O)CCCCCCCCCCCCCCCCCCCCCCCCC(=O)OCCOCCCC(=O)[C@H](CCCC(=O)NCCOCCOC(=O)CCCCCCCCCCCCCCCCCCCCCCCCC(=O)O)NC(=O)CCN1C(=O)C=CC1=O. The van der Waals surface area contributed by atoms with Crippen molar-refractivity contribution in [1.82, 2.24) is 15.5 Å². The zero-order valence-corrected chi connectivity index (χ0v) is 57.7. The molecule has 1 heterocycles. The lowest BCUT2D eigenvalue weighted by Gasteiger charge is -2.19. The predicted molar refractivity (Wildman–Crippen MR) is 364 cm³/mol. The Morgan fingerprint density at radius 3 is 0.989 bits per heavy atom. The number of aliphatic carboxylic acids is 2. The van der Waals surface area contributed by atoms with Crippen molar-refractivity contribution in [2.24, 2.45) is 0 Å². The number of rotatable bonds is 72. The van der Waals surface area contributed by atoms with Gasteiger partial charge in [0, 0.05) is 76.8 Å². The number of carbonyl (C=O) groups excluding carboxylic acids is 7. The standard InChI is InChI=1S/C74H131N3O15/c78-66(48-46-59-89-61-63-91-73(87)52-43-39-35-31-27-23-19-15-11-7-3-1-5-9-13-17-21-25-29-33-37-41-50-71(83)84)65(76-68(80)56-58-77-69(81)54-55-70(77)82)47-45-49-67(79)75-57-60-90-62-64-92-74(88)53-44-40-36-32-28-24-20-16-12-8-4-2-6-10-14-18-22-26-30-34-38-42-51-72(85)86/h54-55,65H,1-53,56-64H2,(H,75,79)(H,76,80)(H,83,84)(H,85,86)/t65-/m0/s1. The minimum atomic E-state index is -0.878. The van der Waals surface area contributed by atoms with Crippen LogP contribution < -0.4 is 10.6 Å². The molecule has 92 heavy (non-hydrogen) atoms. The van der Waals surface area contributed by atoms with Crippen LogP contribution in [0, 0.1) is 0 Å². The third-order valence-corrected chi connectivity index (χ3v) is 17.4. The molecule has 1 aliphatic heterocycles. The van der Waals surface area contributed by atoms with Crippen LogP contribution in [0.2, 0.25) is 0 Å². The Hall–Kier alpha value is -4.71. The number of nitrogens with one attached hydrogen (secondary N) is 2. The molecule has 0 aromatic heterocycles. The van der Waals surface area contributed by atoms with Crippen LogP contribution in [0.3, 0.4) is 0 Å². The number of carboxylic acid groups (broad SMARTS) is 2. The topological polar surface area (TPSA) is 258 Å². The second-order valence-corrected chi connectivity index (χ2v) is 25.9. The molecule has 0 bridgehead atoms. The summed E-state index contributed by atoms with van der Waals surface area (Å²) in [6.07, 6.45) is 58.5. The average Bonchev–Trinajstić information content (AvgIpc) is 2.10. The first kappa shape index (κ1) is 85.3. The summed E-state index contributed by atoms with van der Waals surface area (Å²) < 4.78 is 21.8. The Morgan fingerprint density at radius 2 is 0.652 bits per heavy atom. The summed E-state index contributed by atoms with van der Waals surface area (Å²) in [7, 11) is 0. The van der Waals surface area contributed by atoms with Gasteiger partial charge in [0.25, 0.3) is 11.8 Å². The molecule has 532 valence electrons. The van der Waals surface area contributed by atoms with E-state index in [1.54, 1.807) is 0 Å². The first-order valence-electron chi connectivity index (χ1n) is 37.4. The smallest absolute Gasteiger partial charge is 0.305 e. The number of carbonyl (C=O) groups is 9. The number of Topliss-reactive ketones (excluding diaryl/α,β-unsaturated/α-hetero) is 1. The Bertz CT molecular complexity index is 1900. The number of esters is 2. The van der Waals surface area contributed by atoms with Crippen LogP contribution in [-0.4, -0.2) is 127 Å². The summed E-state index contributed by atoms with van der Waals surface area (Å²) in [5, 5.41) is 22.9. The molecule has 1 atom stereocenters. The molecule has 0 radical (unpaired) electrons. The summed E-state index contributed by atoms with van der Waals surface area (Å²) in [5.74, 6) is -3.79. The summed E-state index contributed by atoms with van der Waals surface area (Å²) in [6, 6.07) is -0.878. The number of nitrogens with zero attached hydrogens (tertiary/aromatic N) is 1. The van der Waals surface area contributed by atoms with Crippen LogP contribution in [0.4, 0.5) is 0 Å². The lowest BCUT2D eigenvalue weighted by atomic mass is 10.0. The van der Waals surface area contributed by atoms with Gasteiger partial charge in [-0.15, -0.1) is 0 Å². The fourth-order valence-corrected chi connectivity index (χ4v) is 11.7. The number of hydrogen-bond donors (Lipinski definition) is 4. The molecular weight excluding hydrogens is 1170 g/mol. The second kappa shape index (κ2) is 65.0. The monoisotopic (exact) mass is 1300 g/mol. The number of ether oxygens (including phenoxy) is 4. The number of carboxylic acids is 2. The van der Waals surface area contributed by atoms with Crippen LogP contribution in [0.25, 0.3) is 0 Å². The maximum atomic E-state index is 13.3. The summed E-state index contributed by atoms with van der Waals surface area (Å²) >= 11 is 0. The molecule has 0 unspecified atom stereocenters. The van der Waals surface area contributed by atoms with Crippen molar-refractivity contribution in [3.8, 4) is 0 Å². The maximum absolute atomic E-state index is 13.3. The largest absolute Gasteiger partial charge is 0.481 e. The van der Waals surface area contributed by atoms with Crippen molar-refractivity contribution in [3.63, 3.8) is 0 Å². The number of amides is 4.